The van der Waals surface area contributed by atoms with E-state index in [4.69, 9.17) is 11.6 Å². The highest BCUT2D eigenvalue weighted by Gasteiger charge is 2.13. The van der Waals surface area contributed by atoms with Gasteiger partial charge >= 0.3 is 0 Å². The van der Waals surface area contributed by atoms with Crippen molar-refractivity contribution < 1.29 is 5.11 Å². The zero-order valence-corrected chi connectivity index (χ0v) is 11.5. The number of hydrogen-bond acceptors (Lipinski definition) is 2. The van der Waals surface area contributed by atoms with Crippen LogP contribution in [0.2, 0.25) is 5.02 Å². The Kier molecular flexibility index (Phi) is 3.82. The van der Waals surface area contributed by atoms with Gasteiger partial charge < -0.3 is 5.11 Å². The van der Waals surface area contributed by atoms with Crippen LogP contribution in [0.5, 0.6) is 0 Å². The normalized spacial score (nSPS) is 12.5. The Labute approximate surface area is 113 Å². The van der Waals surface area contributed by atoms with Crippen LogP contribution in [0.3, 0.4) is 0 Å². The summed E-state index contributed by atoms with van der Waals surface area (Å²) in [5.41, 5.74) is 2.56. The average Bonchev–Trinajstić information content (AvgIpc) is 2.32. The molecule has 0 saturated carbocycles. The summed E-state index contributed by atoms with van der Waals surface area (Å²) in [7, 11) is 0. The highest BCUT2D eigenvalue weighted by Crippen LogP contribution is 2.29. The smallest absolute Gasteiger partial charge is 0.106 e. The molecule has 0 amide bonds. The molecule has 17 heavy (non-hydrogen) atoms. The predicted octanol–water partition coefficient (Wildman–Crippen LogP) is 3.89. The first-order chi connectivity index (χ1) is 8.09. The minimum atomic E-state index is -0.700. The van der Waals surface area contributed by atoms with Crippen molar-refractivity contribution in [1.29, 1.82) is 0 Å². The summed E-state index contributed by atoms with van der Waals surface area (Å²) >= 11 is 9.33. The number of nitrogens with zero attached hydrogens (tertiary/aromatic N) is 1. The first kappa shape index (κ1) is 12.6. The van der Waals surface area contributed by atoms with Gasteiger partial charge in [-0.25, -0.2) is 0 Å². The van der Waals surface area contributed by atoms with E-state index in [-0.39, 0.29) is 0 Å². The van der Waals surface area contributed by atoms with Crippen LogP contribution in [0.15, 0.2) is 41.1 Å². The first-order valence-corrected chi connectivity index (χ1v) is 6.30. The van der Waals surface area contributed by atoms with Crippen LogP contribution in [0.4, 0.5) is 0 Å². The lowest BCUT2D eigenvalue weighted by atomic mass is 10.00. The van der Waals surface area contributed by atoms with E-state index in [1.54, 1.807) is 18.5 Å². The van der Waals surface area contributed by atoms with Gasteiger partial charge in [-0.15, -0.1) is 0 Å². The van der Waals surface area contributed by atoms with Crippen molar-refractivity contribution in [3.63, 3.8) is 0 Å². The molecule has 0 fully saturated rings. The second-order valence-electron chi connectivity index (χ2n) is 3.81. The van der Waals surface area contributed by atoms with Gasteiger partial charge in [0, 0.05) is 22.4 Å². The molecule has 0 aliphatic carbocycles. The summed E-state index contributed by atoms with van der Waals surface area (Å²) in [6.45, 7) is 1.95. The minimum absolute atomic E-state index is 0.586. The van der Waals surface area contributed by atoms with Crippen LogP contribution in [0, 0.1) is 6.92 Å². The maximum Gasteiger partial charge on any atom is 0.106 e. The van der Waals surface area contributed by atoms with Crippen LogP contribution >= 0.6 is 27.5 Å². The van der Waals surface area contributed by atoms with E-state index >= 15 is 0 Å². The van der Waals surface area contributed by atoms with Gasteiger partial charge in [0.1, 0.15) is 6.10 Å². The lowest BCUT2D eigenvalue weighted by Gasteiger charge is -2.14. The van der Waals surface area contributed by atoms with Crippen LogP contribution in [0.25, 0.3) is 0 Å². The second-order valence-corrected chi connectivity index (χ2v) is 5.07. The van der Waals surface area contributed by atoms with Crippen molar-refractivity contribution in [2.24, 2.45) is 0 Å². The summed E-state index contributed by atoms with van der Waals surface area (Å²) in [4.78, 5) is 4.03. The summed E-state index contributed by atoms with van der Waals surface area (Å²) in [6.07, 6.45) is 2.69. The molecule has 4 heteroatoms. The summed E-state index contributed by atoms with van der Waals surface area (Å²) in [5, 5.41) is 10.9. The summed E-state index contributed by atoms with van der Waals surface area (Å²) in [5.74, 6) is 0. The van der Waals surface area contributed by atoms with Gasteiger partial charge in [0.05, 0.1) is 5.02 Å². The maximum absolute atomic E-state index is 10.3. The number of aliphatic hydroxyl groups is 1. The molecule has 0 spiro atoms. The third kappa shape index (κ3) is 2.68. The molecule has 1 N–H and O–H groups in total. The summed E-state index contributed by atoms with van der Waals surface area (Å²) in [6, 6.07) is 7.29. The molecule has 1 unspecified atom stereocenters. The fourth-order valence-electron chi connectivity index (χ4n) is 1.62. The number of aryl methyl sites for hydroxylation is 1. The Bertz CT molecular complexity index is 545. The SMILES string of the molecule is Cc1ccncc1C(O)c1ccc(Br)c(Cl)c1. The van der Waals surface area contributed by atoms with Crippen molar-refractivity contribution in [3.8, 4) is 0 Å². The van der Waals surface area contributed by atoms with Crippen molar-refractivity contribution in [2.45, 2.75) is 13.0 Å². The molecule has 0 radical (unpaired) electrons. The molecule has 1 aromatic heterocycles. The highest BCUT2D eigenvalue weighted by atomic mass is 79.9. The molecule has 0 bridgehead atoms. The van der Waals surface area contributed by atoms with Crippen LogP contribution in [-0.2, 0) is 0 Å². The molecule has 1 heterocycles. The number of benzene rings is 1. The molecular weight excluding hydrogens is 302 g/mol. The minimum Gasteiger partial charge on any atom is -0.384 e. The fraction of sp³-hybridized carbons (Fsp3) is 0.154. The standard InChI is InChI=1S/C13H11BrClNO/c1-8-4-5-16-7-10(8)13(17)9-2-3-11(14)12(15)6-9/h2-7,13,17H,1H3. The monoisotopic (exact) mass is 311 g/mol. The Balaban J connectivity index is 2.40. The van der Waals surface area contributed by atoms with Gasteiger partial charge in [0.2, 0.25) is 0 Å². The van der Waals surface area contributed by atoms with Crippen molar-refractivity contribution in [2.75, 3.05) is 0 Å². The molecule has 0 aliphatic heterocycles. The van der Waals surface area contributed by atoms with E-state index in [0.717, 1.165) is 21.2 Å². The third-order valence-corrected chi connectivity index (χ3v) is 3.87. The Morgan fingerprint density at radius 1 is 1.35 bits per heavy atom. The first-order valence-electron chi connectivity index (χ1n) is 5.13. The summed E-state index contributed by atoms with van der Waals surface area (Å²) < 4.78 is 0.818. The zero-order valence-electron chi connectivity index (χ0n) is 9.19. The van der Waals surface area contributed by atoms with Gasteiger partial charge in [-0.05, 0) is 52.2 Å². The van der Waals surface area contributed by atoms with Crippen LogP contribution in [0.1, 0.15) is 22.8 Å². The largest absolute Gasteiger partial charge is 0.384 e. The van der Waals surface area contributed by atoms with E-state index in [9.17, 15) is 5.11 Å². The molecule has 2 nitrogen and oxygen atoms in total. The van der Waals surface area contributed by atoms with E-state index < -0.39 is 6.10 Å². The van der Waals surface area contributed by atoms with Crippen molar-refractivity contribution >= 4 is 27.5 Å². The number of rotatable bonds is 2. The molecular formula is C13H11BrClNO. The topological polar surface area (TPSA) is 33.1 Å². The Morgan fingerprint density at radius 2 is 2.12 bits per heavy atom. The second kappa shape index (κ2) is 5.17. The molecule has 88 valence electrons. The van der Waals surface area contributed by atoms with E-state index in [2.05, 4.69) is 20.9 Å². The zero-order chi connectivity index (χ0) is 12.4. The van der Waals surface area contributed by atoms with Gasteiger partial charge in [-0.3, -0.25) is 4.98 Å². The van der Waals surface area contributed by atoms with E-state index in [1.165, 1.54) is 0 Å². The van der Waals surface area contributed by atoms with E-state index in [0.29, 0.717) is 5.02 Å². The van der Waals surface area contributed by atoms with Crippen LogP contribution in [-0.4, -0.2) is 10.1 Å². The Morgan fingerprint density at radius 3 is 2.76 bits per heavy atom. The predicted molar refractivity (Wildman–Crippen MR) is 72.2 cm³/mol. The van der Waals surface area contributed by atoms with Crippen LogP contribution < -0.4 is 0 Å². The van der Waals surface area contributed by atoms with Gasteiger partial charge in [-0.2, -0.15) is 0 Å². The maximum atomic E-state index is 10.3. The molecule has 0 saturated heterocycles. The lowest BCUT2D eigenvalue weighted by molar-refractivity contribution is 0.219. The molecule has 1 aromatic carbocycles. The van der Waals surface area contributed by atoms with Crippen molar-refractivity contribution in [1.82, 2.24) is 4.98 Å². The number of halogens is 2. The van der Waals surface area contributed by atoms with Crippen molar-refractivity contribution in [3.05, 3.63) is 62.8 Å². The quantitative estimate of drug-likeness (QED) is 0.912. The van der Waals surface area contributed by atoms with Gasteiger partial charge in [0.25, 0.3) is 0 Å². The third-order valence-electron chi connectivity index (χ3n) is 2.63. The molecule has 0 aliphatic rings. The highest BCUT2D eigenvalue weighted by molar-refractivity contribution is 9.10. The van der Waals surface area contributed by atoms with Gasteiger partial charge in [-0.1, -0.05) is 17.7 Å². The number of aliphatic hydroxyl groups excluding tert-OH is 1. The number of pyridine rings is 1. The number of hydrogen-bond donors (Lipinski definition) is 1. The molecule has 2 rings (SSSR count). The van der Waals surface area contributed by atoms with Gasteiger partial charge in [0.15, 0.2) is 0 Å². The van der Waals surface area contributed by atoms with E-state index in [1.807, 2.05) is 25.1 Å². The lowest BCUT2D eigenvalue weighted by Crippen LogP contribution is -2.02. The molecule has 2 aromatic rings. The Hall–Kier alpha value is -0.900. The fourth-order valence-corrected chi connectivity index (χ4v) is 2.06. The average molecular weight is 313 g/mol. The number of aromatic nitrogens is 1. The molecule has 1 atom stereocenters.